The van der Waals surface area contributed by atoms with Crippen LogP contribution in [0.25, 0.3) is 0 Å². The van der Waals surface area contributed by atoms with Gasteiger partial charge in [-0.2, -0.15) is 5.10 Å². The number of amides is 2. The summed E-state index contributed by atoms with van der Waals surface area (Å²) in [5.41, 5.74) is 4.80. The summed E-state index contributed by atoms with van der Waals surface area (Å²) in [7, 11) is 0. The first-order chi connectivity index (χ1) is 13.6. The molecule has 2 amide bonds. The van der Waals surface area contributed by atoms with E-state index in [4.69, 9.17) is 22.1 Å². The molecule has 160 valence electrons. The van der Waals surface area contributed by atoms with Crippen LogP contribution in [0.5, 0.6) is 0 Å². The second-order valence-electron chi connectivity index (χ2n) is 7.31. The van der Waals surface area contributed by atoms with Crippen LogP contribution in [0.1, 0.15) is 32.1 Å². The number of ether oxygens (including phenoxy) is 1. The number of carbonyl (C=O) groups is 2. The van der Waals surface area contributed by atoms with Crippen molar-refractivity contribution in [3.8, 4) is 0 Å². The molecule has 1 aliphatic carbocycles. The molecule has 2 heterocycles. The predicted molar refractivity (Wildman–Crippen MR) is 100 cm³/mol. The van der Waals surface area contributed by atoms with Gasteiger partial charge in [-0.3, -0.25) is 9.59 Å². The summed E-state index contributed by atoms with van der Waals surface area (Å²) >= 11 is 6.12. The normalized spacial score (nSPS) is 21.8. The van der Waals surface area contributed by atoms with Gasteiger partial charge in [-0.1, -0.05) is 11.6 Å². The fraction of sp³-hybridized carbons (Fsp3) is 0.647. The van der Waals surface area contributed by atoms with E-state index in [2.05, 4.69) is 10.4 Å². The molecule has 0 bridgehead atoms. The van der Waals surface area contributed by atoms with Crippen LogP contribution in [0.15, 0.2) is 11.0 Å². The van der Waals surface area contributed by atoms with Crippen LogP contribution in [-0.4, -0.2) is 52.9 Å². The summed E-state index contributed by atoms with van der Waals surface area (Å²) in [6, 6.07) is -0.323. The molecule has 2 fully saturated rings. The highest BCUT2D eigenvalue weighted by atomic mass is 35.5. The second-order valence-corrected chi connectivity index (χ2v) is 7.69. The third-order valence-corrected chi connectivity index (χ3v) is 5.43. The van der Waals surface area contributed by atoms with Crippen molar-refractivity contribution in [2.75, 3.05) is 18.0 Å². The predicted octanol–water partition coefficient (Wildman–Crippen LogP) is 1.26. The highest BCUT2D eigenvalue weighted by Crippen LogP contribution is 2.33. The molecular weight excluding hydrogens is 412 g/mol. The molecule has 12 heteroatoms. The molecular formula is C17H22ClF2N5O4. The van der Waals surface area contributed by atoms with Crippen LogP contribution in [0.3, 0.4) is 0 Å². The monoisotopic (exact) mass is 433 g/mol. The molecule has 3 rings (SSSR count). The summed E-state index contributed by atoms with van der Waals surface area (Å²) in [5, 5.41) is 6.43. The van der Waals surface area contributed by atoms with E-state index in [1.807, 2.05) is 0 Å². The molecule has 0 radical (unpaired) electrons. The Labute approximate surface area is 170 Å². The van der Waals surface area contributed by atoms with Crippen LogP contribution < -0.4 is 21.5 Å². The number of aromatic nitrogens is 2. The zero-order chi connectivity index (χ0) is 21.2. The van der Waals surface area contributed by atoms with Crippen molar-refractivity contribution in [2.24, 2.45) is 5.73 Å². The summed E-state index contributed by atoms with van der Waals surface area (Å²) in [6.45, 7) is 0.406. The Kier molecular flexibility index (Phi) is 6.25. The molecule has 1 saturated heterocycles. The standard InChI is InChI=1S/C17H22ClF2N5O4/c18-14-12(7-22-25(15(14)27)9-13(21)26)24-6-3-11(8-24)29-16(28)23-10-1-4-17(19,20)5-2-10/h7,10-11H,1-6,8-9H2,(H2,21,26)(H,23,28)/t11-/m1/s1. The summed E-state index contributed by atoms with van der Waals surface area (Å²) < 4.78 is 32.6. The molecule has 0 unspecified atom stereocenters. The largest absolute Gasteiger partial charge is 0.444 e. The first-order valence-corrected chi connectivity index (χ1v) is 9.66. The van der Waals surface area contributed by atoms with Crippen molar-refractivity contribution in [3.05, 3.63) is 21.6 Å². The zero-order valence-electron chi connectivity index (χ0n) is 15.6. The zero-order valence-corrected chi connectivity index (χ0v) is 16.3. The molecule has 0 aromatic carbocycles. The summed E-state index contributed by atoms with van der Waals surface area (Å²) in [6.07, 6.45) is 0.707. The molecule has 9 nitrogen and oxygen atoms in total. The maximum atomic E-state index is 13.2. The Bertz CT molecular complexity index is 840. The van der Waals surface area contributed by atoms with E-state index in [-0.39, 0.29) is 43.3 Å². The van der Waals surface area contributed by atoms with Crippen molar-refractivity contribution < 1.29 is 23.1 Å². The molecule has 1 atom stereocenters. The van der Waals surface area contributed by atoms with Gasteiger partial charge < -0.3 is 20.7 Å². The van der Waals surface area contributed by atoms with Crippen molar-refractivity contribution in [2.45, 2.75) is 56.7 Å². The van der Waals surface area contributed by atoms with Crippen molar-refractivity contribution in [3.63, 3.8) is 0 Å². The van der Waals surface area contributed by atoms with Gasteiger partial charge in [-0.25, -0.2) is 18.3 Å². The number of nitrogens with one attached hydrogen (secondary N) is 1. The lowest BCUT2D eigenvalue weighted by molar-refractivity contribution is -0.118. The lowest BCUT2D eigenvalue weighted by atomic mass is 9.92. The minimum atomic E-state index is -2.66. The number of rotatable bonds is 5. The highest BCUT2D eigenvalue weighted by molar-refractivity contribution is 6.33. The average Bonchev–Trinajstić information content (AvgIpc) is 3.08. The van der Waals surface area contributed by atoms with Crippen LogP contribution in [0.4, 0.5) is 19.3 Å². The number of halogens is 3. The fourth-order valence-corrected chi connectivity index (χ4v) is 3.78. The summed E-state index contributed by atoms with van der Waals surface area (Å²) in [4.78, 5) is 37.0. The fourth-order valence-electron chi connectivity index (χ4n) is 3.52. The number of nitrogens with two attached hydrogens (primary N) is 1. The number of primary amides is 1. The number of carbonyl (C=O) groups excluding carboxylic acids is 2. The number of anilines is 1. The number of nitrogens with zero attached hydrogens (tertiary/aromatic N) is 3. The third-order valence-electron chi connectivity index (χ3n) is 5.07. The quantitative estimate of drug-likeness (QED) is 0.721. The maximum absolute atomic E-state index is 13.2. The van der Waals surface area contributed by atoms with E-state index in [9.17, 15) is 23.2 Å². The summed E-state index contributed by atoms with van der Waals surface area (Å²) in [5.74, 6) is -3.38. The molecule has 0 spiro atoms. The van der Waals surface area contributed by atoms with Crippen LogP contribution in [0.2, 0.25) is 5.02 Å². The molecule has 2 aliphatic rings. The molecule has 29 heavy (non-hydrogen) atoms. The van der Waals surface area contributed by atoms with Gasteiger partial charge in [0.25, 0.3) is 5.56 Å². The highest BCUT2D eigenvalue weighted by Gasteiger charge is 2.36. The van der Waals surface area contributed by atoms with Crippen LogP contribution in [-0.2, 0) is 16.1 Å². The van der Waals surface area contributed by atoms with Gasteiger partial charge in [0.15, 0.2) is 0 Å². The van der Waals surface area contributed by atoms with Crippen LogP contribution >= 0.6 is 11.6 Å². The maximum Gasteiger partial charge on any atom is 0.407 e. The Hall–Kier alpha value is -2.43. The Morgan fingerprint density at radius 2 is 2.03 bits per heavy atom. The molecule has 1 aromatic rings. The van der Waals surface area contributed by atoms with E-state index >= 15 is 0 Å². The first-order valence-electron chi connectivity index (χ1n) is 9.28. The van der Waals surface area contributed by atoms with Gasteiger partial charge in [0, 0.05) is 31.8 Å². The molecule has 3 N–H and O–H groups in total. The SMILES string of the molecule is NC(=O)Cn1ncc(N2CC[C@@H](OC(=O)NC3CCC(F)(F)CC3)C2)c(Cl)c1=O. The molecule has 1 aliphatic heterocycles. The Balaban J connectivity index is 1.54. The van der Waals surface area contributed by atoms with Gasteiger partial charge >= 0.3 is 6.09 Å². The van der Waals surface area contributed by atoms with Gasteiger partial charge in [0.05, 0.1) is 18.4 Å². The van der Waals surface area contributed by atoms with Crippen LogP contribution in [0, 0.1) is 0 Å². The number of hydrogen-bond donors (Lipinski definition) is 2. The van der Waals surface area contributed by atoms with Gasteiger partial charge in [-0.05, 0) is 12.8 Å². The second kappa shape index (κ2) is 8.52. The van der Waals surface area contributed by atoms with Gasteiger partial charge in [0.1, 0.15) is 17.7 Å². The van der Waals surface area contributed by atoms with E-state index in [0.29, 0.717) is 25.2 Å². The van der Waals surface area contributed by atoms with E-state index in [0.717, 1.165) is 4.68 Å². The van der Waals surface area contributed by atoms with Gasteiger partial charge in [-0.15, -0.1) is 0 Å². The van der Waals surface area contributed by atoms with Gasteiger partial charge in [0.2, 0.25) is 11.8 Å². The number of alkyl halides is 2. The van der Waals surface area contributed by atoms with E-state index in [1.54, 1.807) is 4.90 Å². The minimum absolute atomic E-state index is 0.102. The lowest BCUT2D eigenvalue weighted by Gasteiger charge is -2.28. The average molecular weight is 434 g/mol. The molecule has 1 saturated carbocycles. The van der Waals surface area contributed by atoms with Crippen molar-refractivity contribution in [1.82, 2.24) is 15.1 Å². The smallest absolute Gasteiger partial charge is 0.407 e. The van der Waals surface area contributed by atoms with E-state index < -0.39 is 29.6 Å². The Morgan fingerprint density at radius 3 is 2.69 bits per heavy atom. The van der Waals surface area contributed by atoms with Crippen molar-refractivity contribution >= 4 is 29.3 Å². The number of hydrogen-bond acceptors (Lipinski definition) is 6. The molecule has 1 aromatic heterocycles. The lowest BCUT2D eigenvalue weighted by Crippen LogP contribution is -2.42. The first kappa shape index (κ1) is 21.3. The van der Waals surface area contributed by atoms with E-state index in [1.165, 1.54) is 6.20 Å². The van der Waals surface area contributed by atoms with Crippen molar-refractivity contribution in [1.29, 1.82) is 0 Å². The Morgan fingerprint density at radius 1 is 1.34 bits per heavy atom. The topological polar surface area (TPSA) is 120 Å². The minimum Gasteiger partial charge on any atom is -0.444 e. The third kappa shape index (κ3) is 5.34. The number of alkyl carbamates (subject to hydrolysis) is 1.